The van der Waals surface area contributed by atoms with Gasteiger partial charge in [0, 0.05) is 18.6 Å². The molecule has 2 N–H and O–H groups in total. The Balaban J connectivity index is 2.70. The van der Waals surface area contributed by atoms with Crippen LogP contribution in [-0.2, 0) is 4.79 Å². The highest BCUT2D eigenvalue weighted by molar-refractivity contribution is 6.35. The van der Waals surface area contributed by atoms with Gasteiger partial charge in [-0.15, -0.1) is 0 Å². The molecule has 0 bridgehead atoms. The average molecular weight is 333 g/mol. The lowest BCUT2D eigenvalue weighted by Crippen LogP contribution is -2.44. The zero-order chi connectivity index (χ0) is 16.2. The molecule has 1 unspecified atom stereocenters. The smallest absolute Gasteiger partial charge is 0.263 e. The summed E-state index contributed by atoms with van der Waals surface area (Å²) in [7, 11) is 1.74. The molecule has 0 aliphatic carbocycles. The molecule has 1 amide bonds. The number of rotatable bonds is 6. The normalized spacial score (nSPS) is 12.9. The summed E-state index contributed by atoms with van der Waals surface area (Å²) in [6.07, 6.45) is -0.637. The number of ether oxygens (including phenoxy) is 1. The predicted molar refractivity (Wildman–Crippen MR) is 87.0 cm³/mol. The van der Waals surface area contributed by atoms with E-state index in [4.69, 9.17) is 33.7 Å². The third kappa shape index (κ3) is 5.38. The van der Waals surface area contributed by atoms with Gasteiger partial charge in [0.2, 0.25) is 0 Å². The Morgan fingerprint density at radius 3 is 2.57 bits per heavy atom. The average Bonchev–Trinajstić information content (AvgIpc) is 2.40. The van der Waals surface area contributed by atoms with E-state index in [9.17, 15) is 4.79 Å². The quantitative estimate of drug-likeness (QED) is 0.870. The minimum Gasteiger partial charge on any atom is -0.479 e. The Bertz CT molecular complexity index is 506. The lowest BCUT2D eigenvalue weighted by atomic mass is 9.93. The number of hydrogen-bond donors (Lipinski definition) is 1. The number of likely N-dealkylation sites (N-methyl/N-ethyl adjacent to an activating group) is 1. The van der Waals surface area contributed by atoms with Gasteiger partial charge in [-0.05, 0) is 37.1 Å². The molecule has 0 spiro atoms. The first-order chi connectivity index (χ1) is 9.66. The number of amides is 1. The monoisotopic (exact) mass is 332 g/mol. The van der Waals surface area contributed by atoms with Crippen molar-refractivity contribution in [3.8, 4) is 5.75 Å². The van der Waals surface area contributed by atoms with Crippen LogP contribution in [0.4, 0.5) is 0 Å². The predicted octanol–water partition coefficient (Wildman–Crippen LogP) is 3.20. The maximum Gasteiger partial charge on any atom is 0.263 e. The summed E-state index contributed by atoms with van der Waals surface area (Å²) < 4.78 is 5.62. The van der Waals surface area contributed by atoms with E-state index in [1.807, 2.05) is 13.8 Å². The third-order valence-corrected chi connectivity index (χ3v) is 3.67. The second-order valence-corrected chi connectivity index (χ2v) is 6.74. The van der Waals surface area contributed by atoms with Gasteiger partial charge in [-0.3, -0.25) is 4.79 Å². The zero-order valence-electron chi connectivity index (χ0n) is 12.8. The molecule has 1 rings (SSSR count). The van der Waals surface area contributed by atoms with Gasteiger partial charge in [-0.1, -0.05) is 37.0 Å². The van der Waals surface area contributed by atoms with Crippen molar-refractivity contribution in [3.63, 3.8) is 0 Å². The van der Waals surface area contributed by atoms with Gasteiger partial charge in [-0.2, -0.15) is 0 Å². The molecule has 0 aromatic heterocycles. The highest BCUT2D eigenvalue weighted by atomic mass is 35.5. The van der Waals surface area contributed by atoms with Gasteiger partial charge in [0.1, 0.15) is 5.75 Å². The number of nitrogens with two attached hydrogens (primary N) is 1. The van der Waals surface area contributed by atoms with Crippen LogP contribution in [0.1, 0.15) is 20.8 Å². The van der Waals surface area contributed by atoms with Crippen LogP contribution in [0.25, 0.3) is 0 Å². The first-order valence-electron chi connectivity index (χ1n) is 6.73. The molecule has 21 heavy (non-hydrogen) atoms. The van der Waals surface area contributed by atoms with Gasteiger partial charge >= 0.3 is 0 Å². The molecule has 4 nitrogen and oxygen atoms in total. The fourth-order valence-corrected chi connectivity index (χ4v) is 2.36. The SMILES string of the molecule is CC(Oc1ccc(Cl)cc1Cl)C(=O)N(C)CC(C)(C)CN. The third-order valence-electron chi connectivity index (χ3n) is 3.14. The van der Waals surface area contributed by atoms with Crippen LogP contribution < -0.4 is 10.5 Å². The fraction of sp³-hybridized carbons (Fsp3) is 0.533. The van der Waals surface area contributed by atoms with E-state index in [0.29, 0.717) is 28.9 Å². The van der Waals surface area contributed by atoms with E-state index in [1.165, 1.54) is 0 Å². The number of halogens is 2. The summed E-state index contributed by atoms with van der Waals surface area (Å²) in [5, 5.41) is 0.903. The molecule has 1 aromatic rings. The van der Waals surface area contributed by atoms with Crippen LogP contribution in [0.5, 0.6) is 5.75 Å². The fourth-order valence-electron chi connectivity index (χ4n) is 1.91. The minimum absolute atomic E-state index is 0.123. The topological polar surface area (TPSA) is 55.6 Å². The van der Waals surface area contributed by atoms with Crippen molar-refractivity contribution in [1.82, 2.24) is 4.90 Å². The van der Waals surface area contributed by atoms with E-state index < -0.39 is 6.10 Å². The molecule has 0 saturated carbocycles. The van der Waals surface area contributed by atoms with Crippen LogP contribution in [0.15, 0.2) is 18.2 Å². The minimum atomic E-state index is -0.637. The lowest BCUT2D eigenvalue weighted by molar-refractivity contribution is -0.137. The van der Waals surface area contributed by atoms with Gasteiger partial charge in [0.15, 0.2) is 6.10 Å². The Hall–Kier alpha value is -0.970. The van der Waals surface area contributed by atoms with Crippen molar-refractivity contribution in [2.75, 3.05) is 20.1 Å². The van der Waals surface area contributed by atoms with E-state index in [0.717, 1.165) is 0 Å². The van der Waals surface area contributed by atoms with Gasteiger partial charge in [-0.25, -0.2) is 0 Å². The van der Waals surface area contributed by atoms with Crippen molar-refractivity contribution < 1.29 is 9.53 Å². The molecule has 118 valence electrons. The van der Waals surface area contributed by atoms with E-state index in [-0.39, 0.29) is 11.3 Å². The zero-order valence-corrected chi connectivity index (χ0v) is 14.3. The molecule has 0 radical (unpaired) electrons. The summed E-state index contributed by atoms with van der Waals surface area (Å²) in [5.74, 6) is 0.316. The Labute approximate surface area is 136 Å². The second-order valence-electron chi connectivity index (χ2n) is 5.90. The maximum atomic E-state index is 12.3. The number of carbonyl (C=O) groups excluding carboxylic acids is 1. The lowest BCUT2D eigenvalue weighted by Gasteiger charge is -2.30. The number of hydrogen-bond acceptors (Lipinski definition) is 3. The van der Waals surface area contributed by atoms with Gasteiger partial charge < -0.3 is 15.4 Å². The van der Waals surface area contributed by atoms with Crippen molar-refractivity contribution in [1.29, 1.82) is 0 Å². The maximum absolute atomic E-state index is 12.3. The van der Waals surface area contributed by atoms with E-state index in [1.54, 1.807) is 37.1 Å². The molecular weight excluding hydrogens is 311 g/mol. The van der Waals surface area contributed by atoms with Gasteiger partial charge in [0.25, 0.3) is 5.91 Å². The van der Waals surface area contributed by atoms with Crippen LogP contribution in [0.3, 0.4) is 0 Å². The molecule has 6 heteroatoms. The molecule has 1 atom stereocenters. The summed E-state index contributed by atoms with van der Waals surface area (Å²) in [5.41, 5.74) is 5.55. The van der Waals surface area contributed by atoms with E-state index >= 15 is 0 Å². The highest BCUT2D eigenvalue weighted by Gasteiger charge is 2.25. The largest absolute Gasteiger partial charge is 0.479 e. The van der Waals surface area contributed by atoms with Crippen LogP contribution >= 0.6 is 23.2 Å². The van der Waals surface area contributed by atoms with Crippen molar-refractivity contribution in [2.24, 2.45) is 11.1 Å². The molecule has 0 aliphatic rings. The Morgan fingerprint density at radius 2 is 2.05 bits per heavy atom. The van der Waals surface area contributed by atoms with Crippen molar-refractivity contribution >= 4 is 29.1 Å². The van der Waals surface area contributed by atoms with Crippen LogP contribution in [-0.4, -0.2) is 37.0 Å². The Morgan fingerprint density at radius 1 is 1.43 bits per heavy atom. The van der Waals surface area contributed by atoms with E-state index in [2.05, 4.69) is 0 Å². The van der Waals surface area contributed by atoms with Crippen molar-refractivity contribution in [2.45, 2.75) is 26.9 Å². The van der Waals surface area contributed by atoms with Crippen molar-refractivity contribution in [3.05, 3.63) is 28.2 Å². The standard InChI is InChI=1S/C15H22Cl2N2O2/c1-10(14(20)19(4)9-15(2,3)8-18)21-13-6-5-11(16)7-12(13)17/h5-7,10H,8-9,18H2,1-4H3. The Kier molecular flexibility index (Phi) is 6.32. The number of nitrogens with zero attached hydrogens (tertiary/aromatic N) is 1. The second kappa shape index (κ2) is 7.34. The molecule has 0 heterocycles. The highest BCUT2D eigenvalue weighted by Crippen LogP contribution is 2.28. The summed E-state index contributed by atoms with van der Waals surface area (Å²) in [6.45, 7) is 6.78. The van der Waals surface area contributed by atoms with Gasteiger partial charge in [0.05, 0.1) is 5.02 Å². The molecule has 0 fully saturated rings. The molecule has 0 aliphatic heterocycles. The first kappa shape index (κ1) is 18.1. The number of carbonyl (C=O) groups is 1. The van der Waals surface area contributed by atoms with Crippen LogP contribution in [0.2, 0.25) is 10.0 Å². The first-order valence-corrected chi connectivity index (χ1v) is 7.48. The summed E-state index contributed by atoms with van der Waals surface area (Å²) in [4.78, 5) is 13.9. The summed E-state index contributed by atoms with van der Waals surface area (Å²) in [6, 6.07) is 4.90. The molecule has 1 aromatic carbocycles. The summed E-state index contributed by atoms with van der Waals surface area (Å²) >= 11 is 11.9. The number of benzene rings is 1. The van der Waals surface area contributed by atoms with Crippen LogP contribution in [0, 0.1) is 5.41 Å². The molecule has 0 saturated heterocycles. The molecular formula is C15H22Cl2N2O2.